The summed E-state index contributed by atoms with van der Waals surface area (Å²) in [5.41, 5.74) is 2.19. The first-order valence-corrected chi connectivity index (χ1v) is 11.2. The minimum absolute atomic E-state index is 0.000801. The molecule has 0 saturated carbocycles. The molecule has 3 aromatic carbocycles. The maximum absolute atomic E-state index is 13.0. The van der Waals surface area contributed by atoms with Crippen molar-refractivity contribution in [2.24, 2.45) is 0 Å². The minimum Gasteiger partial charge on any atom is -0.293 e. The molecule has 0 aliphatic heterocycles. The summed E-state index contributed by atoms with van der Waals surface area (Å²) in [7, 11) is 0. The molecule has 2 heterocycles. The summed E-state index contributed by atoms with van der Waals surface area (Å²) in [5.74, 6) is 0.513. The fraction of sp³-hybridized carbons (Fsp3) is 0.0769. The number of tetrazole rings is 1. The van der Waals surface area contributed by atoms with E-state index in [9.17, 15) is 4.79 Å². The Morgan fingerprint density at radius 1 is 0.750 bits per heavy atom. The van der Waals surface area contributed by atoms with Gasteiger partial charge in [0, 0.05) is 0 Å². The summed E-state index contributed by atoms with van der Waals surface area (Å²) in [5, 5.41) is 14.7. The van der Waals surface area contributed by atoms with E-state index >= 15 is 0 Å². The van der Waals surface area contributed by atoms with Crippen molar-refractivity contribution in [3.63, 3.8) is 0 Å². The van der Waals surface area contributed by atoms with Crippen LogP contribution in [0.5, 0.6) is 0 Å². The number of carbonyl (C=O) groups excluding carboxylic acids is 1. The average Bonchev–Trinajstić information content (AvgIpc) is 3.55. The number of carbonyl (C=O) groups is 1. The Kier molecular flexibility index (Phi) is 5.44. The van der Waals surface area contributed by atoms with Gasteiger partial charge < -0.3 is 0 Å². The molecule has 0 atom stereocenters. The van der Waals surface area contributed by atoms with Gasteiger partial charge in [-0.3, -0.25) is 4.79 Å². The van der Waals surface area contributed by atoms with Crippen LogP contribution in [-0.4, -0.2) is 26.0 Å². The number of hydrogen-bond donors (Lipinski definition) is 0. The lowest BCUT2D eigenvalue weighted by atomic mass is 9.77. The van der Waals surface area contributed by atoms with Crippen LogP contribution < -0.4 is 0 Å². The lowest BCUT2D eigenvalue weighted by Crippen LogP contribution is -2.40. The zero-order valence-corrected chi connectivity index (χ0v) is 18.0. The highest BCUT2D eigenvalue weighted by Crippen LogP contribution is 2.40. The standard InChI is InChI=1S/C26H20N4OS/c31-23(24-17-10-18-32-24)19-25-27-28-29-30(25)26(20-11-4-1-5-12-20,21-13-6-2-7-14-21)22-15-8-3-9-16-22/h1-18H,19H2. The van der Waals surface area contributed by atoms with E-state index in [0.29, 0.717) is 10.7 Å². The second-order valence-electron chi connectivity index (χ2n) is 7.39. The fourth-order valence-electron chi connectivity index (χ4n) is 4.15. The number of nitrogens with zero attached hydrogens (tertiary/aromatic N) is 4. The Labute approximate surface area is 190 Å². The molecule has 6 heteroatoms. The largest absolute Gasteiger partial charge is 0.293 e. The van der Waals surface area contributed by atoms with Crippen molar-refractivity contribution in [3.8, 4) is 0 Å². The van der Waals surface area contributed by atoms with Crippen molar-refractivity contribution in [3.05, 3.63) is 136 Å². The van der Waals surface area contributed by atoms with Gasteiger partial charge in [0.15, 0.2) is 11.6 Å². The van der Waals surface area contributed by atoms with E-state index in [2.05, 4.69) is 51.9 Å². The highest BCUT2D eigenvalue weighted by Gasteiger charge is 2.41. The van der Waals surface area contributed by atoms with Crippen molar-refractivity contribution in [2.45, 2.75) is 12.0 Å². The van der Waals surface area contributed by atoms with E-state index < -0.39 is 5.54 Å². The molecule has 0 radical (unpaired) electrons. The summed E-state index contributed by atoms with van der Waals surface area (Å²) < 4.78 is 1.80. The smallest absolute Gasteiger partial charge is 0.180 e. The third-order valence-electron chi connectivity index (χ3n) is 5.54. The SMILES string of the molecule is O=C(Cc1nnnn1C(c1ccccc1)(c1ccccc1)c1ccccc1)c1cccs1. The summed E-state index contributed by atoms with van der Waals surface area (Å²) in [6.45, 7) is 0. The van der Waals surface area contributed by atoms with Gasteiger partial charge in [0.2, 0.25) is 0 Å². The van der Waals surface area contributed by atoms with Crippen LogP contribution in [0.15, 0.2) is 109 Å². The number of ketones is 1. The predicted molar refractivity (Wildman–Crippen MR) is 125 cm³/mol. The number of hydrogen-bond acceptors (Lipinski definition) is 5. The van der Waals surface area contributed by atoms with Gasteiger partial charge in [0.05, 0.1) is 11.3 Å². The maximum atomic E-state index is 13.0. The number of aromatic nitrogens is 4. The van der Waals surface area contributed by atoms with Crippen LogP contribution in [0, 0.1) is 0 Å². The van der Waals surface area contributed by atoms with Crippen LogP contribution in [0.1, 0.15) is 32.2 Å². The van der Waals surface area contributed by atoms with Gasteiger partial charge in [-0.1, -0.05) is 97.1 Å². The summed E-state index contributed by atoms with van der Waals surface area (Å²) in [4.78, 5) is 13.7. The number of Topliss-reactive ketones (excluding diaryl/α,β-unsaturated/α-hetero) is 1. The van der Waals surface area contributed by atoms with Crippen LogP contribution in [0.25, 0.3) is 0 Å². The third-order valence-corrected chi connectivity index (χ3v) is 6.45. The topological polar surface area (TPSA) is 60.7 Å². The average molecular weight is 437 g/mol. The highest BCUT2D eigenvalue weighted by molar-refractivity contribution is 7.12. The van der Waals surface area contributed by atoms with Gasteiger partial charge >= 0.3 is 0 Å². The molecule has 0 aliphatic rings. The zero-order valence-electron chi connectivity index (χ0n) is 17.2. The molecule has 32 heavy (non-hydrogen) atoms. The molecular weight excluding hydrogens is 416 g/mol. The maximum Gasteiger partial charge on any atom is 0.180 e. The molecule has 0 fully saturated rings. The zero-order chi connectivity index (χ0) is 21.8. The van der Waals surface area contributed by atoms with Crippen molar-refractivity contribution >= 4 is 17.1 Å². The van der Waals surface area contributed by atoms with Crippen molar-refractivity contribution < 1.29 is 4.79 Å². The van der Waals surface area contributed by atoms with Crippen molar-refractivity contribution in [2.75, 3.05) is 0 Å². The summed E-state index contributed by atoms with van der Waals surface area (Å²) >= 11 is 1.43. The van der Waals surface area contributed by atoms with Crippen LogP contribution in [-0.2, 0) is 12.0 Å². The van der Waals surface area contributed by atoms with Gasteiger partial charge in [0.1, 0.15) is 5.54 Å². The van der Waals surface area contributed by atoms with E-state index in [-0.39, 0.29) is 12.2 Å². The van der Waals surface area contributed by atoms with Crippen LogP contribution in [0.2, 0.25) is 0 Å². The summed E-state index contributed by atoms with van der Waals surface area (Å²) in [6, 6.07) is 34.2. The lowest BCUT2D eigenvalue weighted by molar-refractivity contribution is 0.0992. The molecule has 5 rings (SSSR count). The van der Waals surface area contributed by atoms with E-state index in [1.165, 1.54) is 11.3 Å². The van der Waals surface area contributed by atoms with Crippen LogP contribution >= 0.6 is 11.3 Å². The molecule has 5 nitrogen and oxygen atoms in total. The second-order valence-corrected chi connectivity index (χ2v) is 8.34. The van der Waals surface area contributed by atoms with E-state index in [4.69, 9.17) is 0 Å². The quantitative estimate of drug-likeness (QED) is 0.266. The van der Waals surface area contributed by atoms with E-state index in [1.807, 2.05) is 72.1 Å². The van der Waals surface area contributed by atoms with Crippen molar-refractivity contribution in [1.29, 1.82) is 0 Å². The molecule has 0 amide bonds. The third kappa shape index (κ3) is 3.44. The van der Waals surface area contributed by atoms with Gasteiger partial charge in [0.25, 0.3) is 0 Å². The van der Waals surface area contributed by atoms with Gasteiger partial charge in [-0.25, -0.2) is 4.68 Å². The molecule has 0 N–H and O–H groups in total. The first kappa shape index (κ1) is 20.0. The van der Waals surface area contributed by atoms with E-state index in [1.54, 1.807) is 4.68 Å². The number of thiophene rings is 1. The predicted octanol–water partition coefficient (Wildman–Crippen LogP) is 5.00. The first-order valence-electron chi connectivity index (χ1n) is 10.3. The van der Waals surface area contributed by atoms with Crippen LogP contribution in [0.3, 0.4) is 0 Å². The Balaban J connectivity index is 1.77. The van der Waals surface area contributed by atoms with Crippen molar-refractivity contribution in [1.82, 2.24) is 20.2 Å². The highest BCUT2D eigenvalue weighted by atomic mass is 32.1. The van der Waals surface area contributed by atoms with Gasteiger partial charge in [-0.2, -0.15) is 0 Å². The normalized spacial score (nSPS) is 11.4. The molecule has 0 bridgehead atoms. The number of rotatable bonds is 7. The Morgan fingerprint density at radius 3 is 1.75 bits per heavy atom. The van der Waals surface area contributed by atoms with E-state index in [0.717, 1.165) is 16.7 Å². The monoisotopic (exact) mass is 436 g/mol. The molecule has 0 unspecified atom stereocenters. The molecule has 0 spiro atoms. The molecule has 156 valence electrons. The van der Waals surface area contributed by atoms with Gasteiger partial charge in [-0.05, 0) is 38.6 Å². The second kappa shape index (κ2) is 8.69. The minimum atomic E-state index is -0.835. The Bertz CT molecular complexity index is 1200. The fourth-order valence-corrected chi connectivity index (χ4v) is 4.81. The molecule has 2 aromatic heterocycles. The molecule has 0 aliphatic carbocycles. The molecular formula is C26H20N4OS. The van der Waals surface area contributed by atoms with Crippen LogP contribution in [0.4, 0.5) is 0 Å². The Hall–Kier alpha value is -3.90. The summed E-state index contributed by atoms with van der Waals surface area (Å²) in [6.07, 6.45) is 0.113. The Morgan fingerprint density at radius 2 is 1.28 bits per heavy atom. The molecule has 0 saturated heterocycles. The lowest BCUT2D eigenvalue weighted by Gasteiger charge is -2.36. The molecule has 5 aromatic rings. The number of benzene rings is 3. The first-order chi connectivity index (χ1) is 15.8. The van der Waals surface area contributed by atoms with Gasteiger partial charge in [-0.15, -0.1) is 16.4 Å².